The van der Waals surface area contributed by atoms with Crippen molar-refractivity contribution in [2.24, 2.45) is 5.18 Å². The van der Waals surface area contributed by atoms with Gasteiger partial charge in [-0.3, -0.25) is 0 Å². The molecule has 3 unspecified atom stereocenters. The molecule has 0 bridgehead atoms. The van der Waals surface area contributed by atoms with E-state index in [1.165, 1.54) is 5.57 Å². The average Bonchev–Trinajstić information content (AvgIpc) is 2.41. The van der Waals surface area contributed by atoms with Crippen LogP contribution in [0.2, 0.25) is 0 Å². The third-order valence-corrected chi connectivity index (χ3v) is 3.48. The molecule has 1 rings (SSSR count). The van der Waals surface area contributed by atoms with Gasteiger partial charge < -0.3 is 19.3 Å². The van der Waals surface area contributed by atoms with Crippen LogP contribution < -0.4 is 0 Å². The standard InChI is InChI=1S/C14H25NO5/c1-11(2)4-5-12(19-9-7-16)14(3)13(10-20-14)18-8-6-15-17/h4,12-13,16H,5-10H2,1-3H3. The fraction of sp³-hybridized carbons (Fsp3) is 0.857. The van der Waals surface area contributed by atoms with E-state index in [9.17, 15) is 4.91 Å². The molecule has 0 aromatic heterocycles. The molecular weight excluding hydrogens is 262 g/mol. The Kier molecular flexibility index (Phi) is 7.29. The maximum absolute atomic E-state index is 10.1. The van der Waals surface area contributed by atoms with Crippen LogP contribution in [0.1, 0.15) is 27.2 Å². The lowest BCUT2D eigenvalue weighted by Gasteiger charge is -2.50. The first-order valence-corrected chi connectivity index (χ1v) is 6.95. The quantitative estimate of drug-likeness (QED) is 0.375. The molecule has 20 heavy (non-hydrogen) atoms. The van der Waals surface area contributed by atoms with Gasteiger partial charge in [-0.2, -0.15) is 4.91 Å². The summed E-state index contributed by atoms with van der Waals surface area (Å²) in [5.41, 5.74) is 0.650. The fourth-order valence-electron chi connectivity index (χ4n) is 2.17. The summed E-state index contributed by atoms with van der Waals surface area (Å²) in [7, 11) is 0. The van der Waals surface area contributed by atoms with Crippen LogP contribution in [0.4, 0.5) is 0 Å². The molecule has 0 aromatic carbocycles. The largest absolute Gasteiger partial charge is 0.394 e. The van der Waals surface area contributed by atoms with E-state index in [-0.39, 0.29) is 32.0 Å². The molecule has 0 aliphatic carbocycles. The fourth-order valence-corrected chi connectivity index (χ4v) is 2.17. The number of allylic oxidation sites excluding steroid dienone is 1. The molecule has 0 amide bonds. The highest BCUT2D eigenvalue weighted by atomic mass is 16.6. The molecule has 1 fully saturated rings. The molecular formula is C14H25NO5. The molecule has 1 saturated heterocycles. The zero-order chi connectivity index (χ0) is 15.0. The van der Waals surface area contributed by atoms with Crippen molar-refractivity contribution in [3.63, 3.8) is 0 Å². The second kappa shape index (κ2) is 8.46. The lowest BCUT2D eigenvalue weighted by Crippen LogP contribution is -2.64. The molecule has 0 aromatic rings. The van der Waals surface area contributed by atoms with Crippen LogP contribution in [0.15, 0.2) is 16.8 Å². The maximum atomic E-state index is 10.1. The van der Waals surface area contributed by atoms with Gasteiger partial charge in [0.15, 0.2) is 0 Å². The van der Waals surface area contributed by atoms with Gasteiger partial charge in [0.1, 0.15) is 18.2 Å². The summed E-state index contributed by atoms with van der Waals surface area (Å²) in [5, 5.41) is 11.7. The molecule has 116 valence electrons. The lowest BCUT2D eigenvalue weighted by atomic mass is 9.85. The van der Waals surface area contributed by atoms with Gasteiger partial charge in [0.05, 0.1) is 32.5 Å². The van der Waals surface area contributed by atoms with E-state index in [2.05, 4.69) is 11.3 Å². The number of hydrogen-bond donors (Lipinski definition) is 1. The minimum Gasteiger partial charge on any atom is -0.394 e. The van der Waals surface area contributed by atoms with Crippen LogP contribution in [-0.4, -0.2) is 55.9 Å². The number of aliphatic hydroxyl groups excluding tert-OH is 1. The number of ether oxygens (including phenoxy) is 3. The molecule has 6 nitrogen and oxygen atoms in total. The average molecular weight is 287 g/mol. The van der Waals surface area contributed by atoms with Crippen LogP contribution in [-0.2, 0) is 14.2 Å². The van der Waals surface area contributed by atoms with Crippen LogP contribution >= 0.6 is 0 Å². The minimum absolute atomic E-state index is 0.0258. The Labute approximate surface area is 120 Å². The Morgan fingerprint density at radius 2 is 2.30 bits per heavy atom. The molecule has 0 spiro atoms. The van der Waals surface area contributed by atoms with Crippen LogP contribution in [0.25, 0.3) is 0 Å². The molecule has 1 aliphatic rings. The number of hydrogen-bond acceptors (Lipinski definition) is 6. The van der Waals surface area contributed by atoms with Gasteiger partial charge >= 0.3 is 0 Å². The zero-order valence-corrected chi connectivity index (χ0v) is 12.5. The third kappa shape index (κ3) is 4.63. The van der Waals surface area contributed by atoms with Crippen molar-refractivity contribution >= 4 is 0 Å². The van der Waals surface area contributed by atoms with E-state index in [1.807, 2.05) is 20.8 Å². The van der Waals surface area contributed by atoms with Crippen LogP contribution in [0.3, 0.4) is 0 Å². The third-order valence-electron chi connectivity index (χ3n) is 3.48. The van der Waals surface area contributed by atoms with Gasteiger partial charge in [-0.05, 0) is 27.2 Å². The summed E-state index contributed by atoms with van der Waals surface area (Å²) in [5.74, 6) is 0. The monoisotopic (exact) mass is 287 g/mol. The Hall–Kier alpha value is -0.820. The highest BCUT2D eigenvalue weighted by molar-refractivity contribution is 5.04. The summed E-state index contributed by atoms with van der Waals surface area (Å²) in [6, 6.07) is 0. The molecule has 1 N–H and O–H groups in total. The van der Waals surface area contributed by atoms with E-state index < -0.39 is 5.60 Å². The second-order valence-electron chi connectivity index (χ2n) is 5.31. The first-order chi connectivity index (χ1) is 9.54. The molecule has 6 heteroatoms. The number of aliphatic hydroxyl groups is 1. The van der Waals surface area contributed by atoms with Crippen molar-refractivity contribution in [1.29, 1.82) is 0 Å². The van der Waals surface area contributed by atoms with E-state index in [0.717, 1.165) is 0 Å². The summed E-state index contributed by atoms with van der Waals surface area (Å²) >= 11 is 0. The first-order valence-electron chi connectivity index (χ1n) is 6.95. The predicted octanol–water partition coefficient (Wildman–Crippen LogP) is 1.66. The summed E-state index contributed by atoms with van der Waals surface area (Å²) < 4.78 is 17.0. The maximum Gasteiger partial charge on any atom is 0.120 e. The van der Waals surface area contributed by atoms with Crippen molar-refractivity contribution in [2.75, 3.05) is 33.0 Å². The highest BCUT2D eigenvalue weighted by Crippen LogP contribution is 2.36. The van der Waals surface area contributed by atoms with Crippen molar-refractivity contribution in [1.82, 2.24) is 0 Å². The molecule has 1 heterocycles. The zero-order valence-electron chi connectivity index (χ0n) is 12.5. The smallest absolute Gasteiger partial charge is 0.120 e. The molecule has 0 radical (unpaired) electrons. The molecule has 3 atom stereocenters. The SMILES string of the molecule is CC(C)=CCC(OCCO)C1(C)OCC1OCCN=O. The van der Waals surface area contributed by atoms with Gasteiger partial charge in [-0.1, -0.05) is 16.8 Å². The van der Waals surface area contributed by atoms with Crippen molar-refractivity contribution in [2.45, 2.75) is 45.0 Å². The van der Waals surface area contributed by atoms with Crippen molar-refractivity contribution < 1.29 is 19.3 Å². The summed E-state index contributed by atoms with van der Waals surface area (Å²) in [6.45, 7) is 7.16. The van der Waals surface area contributed by atoms with Crippen molar-refractivity contribution in [3.8, 4) is 0 Å². The van der Waals surface area contributed by atoms with Crippen LogP contribution in [0, 0.1) is 4.91 Å². The van der Waals surface area contributed by atoms with Gasteiger partial charge in [0.25, 0.3) is 0 Å². The van der Waals surface area contributed by atoms with Crippen molar-refractivity contribution in [3.05, 3.63) is 16.6 Å². The Morgan fingerprint density at radius 1 is 1.55 bits per heavy atom. The van der Waals surface area contributed by atoms with E-state index in [4.69, 9.17) is 19.3 Å². The predicted molar refractivity (Wildman–Crippen MR) is 75.6 cm³/mol. The summed E-state index contributed by atoms with van der Waals surface area (Å²) in [6.07, 6.45) is 2.48. The number of nitroso groups, excluding NO2 is 1. The van der Waals surface area contributed by atoms with Gasteiger partial charge in [0.2, 0.25) is 0 Å². The second-order valence-corrected chi connectivity index (χ2v) is 5.31. The van der Waals surface area contributed by atoms with E-state index in [0.29, 0.717) is 19.6 Å². The van der Waals surface area contributed by atoms with Gasteiger partial charge in [0, 0.05) is 0 Å². The van der Waals surface area contributed by atoms with Gasteiger partial charge in [-0.25, -0.2) is 0 Å². The first kappa shape index (κ1) is 17.2. The van der Waals surface area contributed by atoms with Crippen LogP contribution in [0.5, 0.6) is 0 Å². The highest BCUT2D eigenvalue weighted by Gasteiger charge is 2.51. The number of rotatable bonds is 10. The Balaban J connectivity index is 2.61. The lowest BCUT2D eigenvalue weighted by molar-refractivity contribution is -0.289. The van der Waals surface area contributed by atoms with Gasteiger partial charge in [-0.15, -0.1) is 0 Å². The van der Waals surface area contributed by atoms with E-state index >= 15 is 0 Å². The topological polar surface area (TPSA) is 77.3 Å². The normalized spacial score (nSPS) is 26.7. The summed E-state index contributed by atoms with van der Waals surface area (Å²) in [4.78, 5) is 10.1. The van der Waals surface area contributed by atoms with E-state index in [1.54, 1.807) is 0 Å². The molecule has 1 aliphatic heterocycles. The minimum atomic E-state index is -0.552. The Morgan fingerprint density at radius 3 is 2.80 bits per heavy atom. The Bertz CT molecular complexity index is 330. The molecule has 0 saturated carbocycles. The number of nitrogens with zero attached hydrogens (tertiary/aromatic N) is 1.